The number of nitrogens with zero attached hydrogens (tertiary/aromatic N) is 4. The fourth-order valence-corrected chi connectivity index (χ4v) is 4.68. The third kappa shape index (κ3) is 11.3. The number of ether oxygens (including phenoxy) is 1. The maximum absolute atomic E-state index is 16.1. The molecule has 0 fully saturated rings. The molecular formula is C34H31F7N6O7. The van der Waals surface area contributed by atoms with Crippen molar-refractivity contribution in [2.75, 3.05) is 17.7 Å². The zero-order valence-corrected chi connectivity index (χ0v) is 28.1. The van der Waals surface area contributed by atoms with Crippen LogP contribution >= 0.6 is 0 Å². The molecule has 3 heterocycles. The van der Waals surface area contributed by atoms with E-state index in [2.05, 4.69) is 15.3 Å². The van der Waals surface area contributed by atoms with Gasteiger partial charge in [0, 0.05) is 47.0 Å². The van der Waals surface area contributed by atoms with Gasteiger partial charge in [-0.05, 0) is 66.8 Å². The maximum Gasteiger partial charge on any atom is 0.490 e. The Morgan fingerprint density at radius 2 is 1.59 bits per heavy atom. The molecule has 20 heteroatoms. The number of alkyl halides is 6. The van der Waals surface area contributed by atoms with E-state index in [0.29, 0.717) is 41.6 Å². The number of imidazole rings is 1. The fourth-order valence-electron chi connectivity index (χ4n) is 4.68. The Morgan fingerprint density at radius 1 is 0.944 bits per heavy atom. The van der Waals surface area contributed by atoms with Gasteiger partial charge in [-0.1, -0.05) is 13.0 Å². The number of halogens is 7. The van der Waals surface area contributed by atoms with Gasteiger partial charge in [0.2, 0.25) is 0 Å². The normalized spacial score (nSPS) is 11.7. The predicted octanol–water partition coefficient (Wildman–Crippen LogP) is 6.73. The molecule has 0 bridgehead atoms. The number of nitrogen functional groups attached to an aromatic ring is 1. The maximum atomic E-state index is 16.1. The van der Waals surface area contributed by atoms with E-state index < -0.39 is 42.1 Å². The molecule has 288 valence electrons. The van der Waals surface area contributed by atoms with Crippen LogP contribution in [0.3, 0.4) is 0 Å². The van der Waals surface area contributed by atoms with Gasteiger partial charge in [0.15, 0.2) is 11.6 Å². The molecule has 13 nitrogen and oxygen atoms in total. The van der Waals surface area contributed by atoms with Gasteiger partial charge >= 0.3 is 30.3 Å². The number of hydrogen-bond acceptors (Lipinski definition) is 9. The third-order valence-electron chi connectivity index (χ3n) is 7.07. The Morgan fingerprint density at radius 3 is 2.13 bits per heavy atom. The highest BCUT2D eigenvalue weighted by Gasteiger charge is 2.39. The molecule has 0 amide bonds. The summed E-state index contributed by atoms with van der Waals surface area (Å²) in [5.41, 5.74) is 9.08. The highest BCUT2D eigenvalue weighted by atomic mass is 19.4. The number of fused-ring (bicyclic) bond motifs is 1. The van der Waals surface area contributed by atoms with Crippen molar-refractivity contribution in [1.82, 2.24) is 19.5 Å². The first kappa shape index (κ1) is 41.9. The fraction of sp³-hybridized carbons (Fsp3) is 0.235. The summed E-state index contributed by atoms with van der Waals surface area (Å²) in [6, 6.07) is 13.6. The average molecular weight is 769 g/mol. The largest absolute Gasteiger partial charge is 0.491 e. The number of nitrogens with two attached hydrogens (primary N) is 1. The van der Waals surface area contributed by atoms with E-state index in [1.54, 1.807) is 49.9 Å². The number of aromatic nitrogens is 4. The number of benzene rings is 2. The molecule has 5 rings (SSSR count). The molecule has 0 aliphatic rings. The van der Waals surface area contributed by atoms with Crippen LogP contribution in [-0.4, -0.2) is 71.7 Å². The third-order valence-corrected chi connectivity index (χ3v) is 7.07. The molecule has 54 heavy (non-hydrogen) atoms. The van der Waals surface area contributed by atoms with Crippen LogP contribution in [0.2, 0.25) is 0 Å². The first-order valence-electron chi connectivity index (χ1n) is 15.4. The zero-order chi connectivity index (χ0) is 40.4. The number of pyridine rings is 2. The van der Waals surface area contributed by atoms with Crippen molar-refractivity contribution in [3.05, 3.63) is 96.1 Å². The second-order valence-corrected chi connectivity index (χ2v) is 10.8. The number of carboxylic acid groups (broad SMARTS) is 3. The quantitative estimate of drug-likeness (QED) is 0.0940. The first-order chi connectivity index (χ1) is 25.3. The van der Waals surface area contributed by atoms with Crippen molar-refractivity contribution in [1.29, 1.82) is 0 Å². The van der Waals surface area contributed by atoms with E-state index in [-0.39, 0.29) is 17.9 Å². The van der Waals surface area contributed by atoms with Gasteiger partial charge in [-0.25, -0.2) is 23.9 Å². The molecular weight excluding hydrogens is 737 g/mol. The molecule has 0 spiro atoms. The Bertz CT molecular complexity index is 2070. The van der Waals surface area contributed by atoms with Crippen molar-refractivity contribution in [2.45, 2.75) is 45.2 Å². The molecule has 0 aliphatic carbocycles. The molecule has 3 aromatic heterocycles. The number of aliphatic carboxylic acids is 3. The summed E-state index contributed by atoms with van der Waals surface area (Å²) in [5, 5.41) is 29.0. The van der Waals surface area contributed by atoms with Crippen molar-refractivity contribution < 1.29 is 65.2 Å². The standard InChI is InChI=1S/C30H29FN6O3.2C2HF3O2/c1-3-18-12-23(27(31)25(13-18)40-4-2)28(35-21-7-8-22-19(14-21)9-11-34-29(22)32)30-36-24(16-37(30)17-26(38)39)20-6-5-10-33-15-20;2*3-2(4,5)1(6)7/h5-16,28,35H,3-4,17H2,1-2H3,(H2,32,34)(H,38,39);2*(H,6,7). The van der Waals surface area contributed by atoms with Crippen LogP contribution in [0.25, 0.3) is 22.0 Å². The van der Waals surface area contributed by atoms with Crippen molar-refractivity contribution >= 4 is 40.2 Å². The van der Waals surface area contributed by atoms with Gasteiger partial charge in [-0.2, -0.15) is 26.3 Å². The zero-order valence-electron chi connectivity index (χ0n) is 28.1. The van der Waals surface area contributed by atoms with Crippen LogP contribution in [-0.2, 0) is 27.3 Å². The van der Waals surface area contributed by atoms with Gasteiger partial charge in [0.25, 0.3) is 0 Å². The topological polar surface area (TPSA) is 203 Å². The van der Waals surface area contributed by atoms with Crippen molar-refractivity contribution in [3.63, 3.8) is 0 Å². The number of anilines is 2. The molecule has 5 aromatic rings. The number of carbonyl (C=O) groups is 3. The number of carboxylic acids is 3. The summed E-state index contributed by atoms with van der Waals surface area (Å²) in [7, 11) is 0. The van der Waals surface area contributed by atoms with E-state index in [9.17, 15) is 36.2 Å². The summed E-state index contributed by atoms with van der Waals surface area (Å²) < 4.78 is 86.7. The smallest absolute Gasteiger partial charge is 0.490 e. The van der Waals surface area contributed by atoms with E-state index in [1.165, 1.54) is 4.57 Å². The number of aryl methyl sites for hydroxylation is 1. The van der Waals surface area contributed by atoms with Gasteiger partial charge in [0.1, 0.15) is 24.2 Å². The van der Waals surface area contributed by atoms with Crippen LogP contribution in [0.1, 0.15) is 36.8 Å². The second kappa shape index (κ2) is 17.8. The van der Waals surface area contributed by atoms with Gasteiger partial charge in [0.05, 0.1) is 12.3 Å². The summed E-state index contributed by atoms with van der Waals surface area (Å²) in [4.78, 5) is 42.8. The lowest BCUT2D eigenvalue weighted by molar-refractivity contribution is -0.193. The molecule has 1 unspecified atom stereocenters. The lowest BCUT2D eigenvalue weighted by Gasteiger charge is -2.23. The highest BCUT2D eigenvalue weighted by Crippen LogP contribution is 2.36. The van der Waals surface area contributed by atoms with E-state index in [4.69, 9.17) is 35.3 Å². The van der Waals surface area contributed by atoms with E-state index >= 15 is 4.39 Å². The monoisotopic (exact) mass is 768 g/mol. The summed E-state index contributed by atoms with van der Waals surface area (Å²) in [5.74, 6) is -6.25. The Labute approximate surface area is 300 Å². The number of hydrogen-bond donors (Lipinski definition) is 5. The molecule has 6 N–H and O–H groups in total. The number of rotatable bonds is 10. The van der Waals surface area contributed by atoms with E-state index in [0.717, 1.165) is 16.3 Å². The Balaban J connectivity index is 0.000000476. The lowest BCUT2D eigenvalue weighted by atomic mass is 9.99. The van der Waals surface area contributed by atoms with E-state index in [1.807, 2.05) is 37.3 Å². The van der Waals surface area contributed by atoms with Gasteiger partial charge in [-0.3, -0.25) is 9.78 Å². The molecule has 0 aliphatic heterocycles. The molecule has 0 saturated heterocycles. The second-order valence-electron chi connectivity index (χ2n) is 10.8. The lowest BCUT2D eigenvalue weighted by Crippen LogP contribution is -2.21. The minimum absolute atomic E-state index is 0.129. The van der Waals surface area contributed by atoms with Crippen LogP contribution in [0.5, 0.6) is 5.75 Å². The first-order valence-corrected chi connectivity index (χ1v) is 15.4. The van der Waals surface area contributed by atoms with Crippen LogP contribution in [0.15, 0.2) is 73.3 Å². The summed E-state index contributed by atoms with van der Waals surface area (Å²) in [6.07, 6.45) is -2.96. The minimum Gasteiger partial charge on any atom is -0.491 e. The average Bonchev–Trinajstić information content (AvgIpc) is 3.51. The van der Waals surface area contributed by atoms with Gasteiger partial charge in [-0.15, -0.1) is 0 Å². The Kier molecular flexibility index (Phi) is 13.9. The summed E-state index contributed by atoms with van der Waals surface area (Å²) >= 11 is 0. The molecule has 2 aromatic carbocycles. The minimum atomic E-state index is -5.08. The van der Waals surface area contributed by atoms with Crippen molar-refractivity contribution in [3.8, 4) is 17.0 Å². The highest BCUT2D eigenvalue weighted by molar-refractivity contribution is 5.93. The summed E-state index contributed by atoms with van der Waals surface area (Å²) in [6.45, 7) is 3.69. The van der Waals surface area contributed by atoms with Crippen LogP contribution < -0.4 is 15.8 Å². The molecule has 0 saturated carbocycles. The molecule has 1 atom stereocenters. The van der Waals surface area contributed by atoms with Gasteiger partial charge < -0.3 is 35.7 Å². The molecule has 0 radical (unpaired) electrons. The van der Waals surface area contributed by atoms with Crippen LogP contribution in [0, 0.1) is 5.82 Å². The SMILES string of the molecule is CCOc1cc(CC)cc(C(Nc2ccc3c(N)nccc3c2)c2nc(-c3cccnc3)cn2CC(=O)O)c1F.O=C(O)C(F)(F)F.O=C(O)C(F)(F)F. The Hall–Kier alpha value is -6.47. The van der Waals surface area contributed by atoms with Crippen LogP contribution in [0.4, 0.5) is 42.2 Å². The predicted molar refractivity (Wildman–Crippen MR) is 179 cm³/mol. The van der Waals surface area contributed by atoms with Crippen molar-refractivity contribution in [2.24, 2.45) is 0 Å². The number of nitrogens with one attached hydrogen (secondary N) is 1.